The molecule has 1 atom stereocenters. The van der Waals surface area contributed by atoms with Crippen molar-refractivity contribution in [3.8, 4) is 0 Å². The number of rotatable bonds is 1. The molecule has 0 amide bonds. The molecular weight excluding hydrogens is 226 g/mol. The van der Waals surface area contributed by atoms with Crippen LogP contribution in [0.5, 0.6) is 0 Å². The highest BCUT2D eigenvalue weighted by molar-refractivity contribution is 7.81. The summed E-state index contributed by atoms with van der Waals surface area (Å²) in [5.74, 6) is 0. The highest BCUT2D eigenvalue weighted by Gasteiger charge is 2.33. The predicted molar refractivity (Wildman–Crippen MR) is 74.4 cm³/mol. The predicted octanol–water partition coefficient (Wildman–Crippen LogP) is 2.96. The van der Waals surface area contributed by atoms with Gasteiger partial charge in [-0.15, -0.1) is 12.6 Å². The number of hydrogen-bond acceptors (Lipinski definition) is 2. The fourth-order valence-corrected chi connectivity index (χ4v) is 2.98. The molecular formula is C15H15NS. The summed E-state index contributed by atoms with van der Waals surface area (Å²) >= 11 is 4.91. The van der Waals surface area contributed by atoms with E-state index in [9.17, 15) is 0 Å². The van der Waals surface area contributed by atoms with Crippen molar-refractivity contribution in [1.82, 2.24) is 5.32 Å². The molecule has 1 nitrogen and oxygen atoms in total. The van der Waals surface area contributed by atoms with Crippen molar-refractivity contribution in [2.24, 2.45) is 0 Å². The molecule has 2 aromatic carbocycles. The van der Waals surface area contributed by atoms with E-state index in [1.54, 1.807) is 0 Å². The molecule has 0 radical (unpaired) electrons. The number of hydrogen-bond donors (Lipinski definition) is 2. The van der Waals surface area contributed by atoms with E-state index in [1.165, 1.54) is 16.7 Å². The molecule has 0 bridgehead atoms. The van der Waals surface area contributed by atoms with E-state index in [0.717, 1.165) is 13.0 Å². The minimum Gasteiger partial charge on any atom is -0.295 e. The maximum absolute atomic E-state index is 4.91. The first-order chi connectivity index (χ1) is 8.31. The van der Waals surface area contributed by atoms with Gasteiger partial charge >= 0.3 is 0 Å². The van der Waals surface area contributed by atoms with Gasteiger partial charge in [0.15, 0.2) is 0 Å². The minimum atomic E-state index is -0.351. The molecule has 86 valence electrons. The van der Waals surface area contributed by atoms with Crippen LogP contribution in [-0.2, 0) is 11.3 Å². The van der Waals surface area contributed by atoms with Crippen LogP contribution in [0.4, 0.5) is 0 Å². The average molecular weight is 241 g/mol. The SMILES string of the molecule is SC1(c2ccccc2)NCCc2ccccc21. The molecule has 0 aromatic heterocycles. The van der Waals surface area contributed by atoms with E-state index < -0.39 is 0 Å². The van der Waals surface area contributed by atoms with Gasteiger partial charge in [-0.05, 0) is 23.1 Å². The second-order valence-electron chi connectivity index (χ2n) is 4.41. The van der Waals surface area contributed by atoms with E-state index >= 15 is 0 Å². The first-order valence-electron chi connectivity index (χ1n) is 5.92. The third-order valence-electron chi connectivity index (χ3n) is 3.37. The number of fused-ring (bicyclic) bond motifs is 1. The van der Waals surface area contributed by atoms with E-state index in [4.69, 9.17) is 12.6 Å². The lowest BCUT2D eigenvalue weighted by atomic mass is 9.89. The van der Waals surface area contributed by atoms with Crippen LogP contribution in [0.2, 0.25) is 0 Å². The Labute approximate surface area is 107 Å². The van der Waals surface area contributed by atoms with Gasteiger partial charge in [0.1, 0.15) is 4.87 Å². The molecule has 0 saturated carbocycles. The zero-order valence-corrected chi connectivity index (χ0v) is 10.5. The summed E-state index contributed by atoms with van der Waals surface area (Å²) in [5, 5.41) is 3.53. The maximum Gasteiger partial charge on any atom is 0.113 e. The number of nitrogens with one attached hydrogen (secondary N) is 1. The van der Waals surface area contributed by atoms with E-state index in [0.29, 0.717) is 0 Å². The zero-order valence-electron chi connectivity index (χ0n) is 9.56. The van der Waals surface area contributed by atoms with Crippen LogP contribution in [0.15, 0.2) is 54.6 Å². The van der Waals surface area contributed by atoms with Gasteiger partial charge in [-0.2, -0.15) is 0 Å². The summed E-state index contributed by atoms with van der Waals surface area (Å²) in [4.78, 5) is -0.351. The van der Waals surface area contributed by atoms with Crippen molar-refractivity contribution in [2.75, 3.05) is 6.54 Å². The number of benzene rings is 2. The Morgan fingerprint density at radius 2 is 1.65 bits per heavy atom. The first-order valence-corrected chi connectivity index (χ1v) is 6.37. The van der Waals surface area contributed by atoms with E-state index in [2.05, 4.69) is 53.8 Å². The Hall–Kier alpha value is -1.25. The third-order valence-corrected chi connectivity index (χ3v) is 4.03. The third kappa shape index (κ3) is 1.78. The molecule has 17 heavy (non-hydrogen) atoms. The largest absolute Gasteiger partial charge is 0.295 e. The summed E-state index contributed by atoms with van der Waals surface area (Å²) in [5.41, 5.74) is 3.88. The van der Waals surface area contributed by atoms with Crippen molar-refractivity contribution >= 4 is 12.6 Å². The van der Waals surface area contributed by atoms with Gasteiger partial charge in [0.25, 0.3) is 0 Å². The summed E-state index contributed by atoms with van der Waals surface area (Å²) in [6.07, 6.45) is 1.07. The normalized spacial score (nSPS) is 23.1. The van der Waals surface area contributed by atoms with Crippen molar-refractivity contribution in [1.29, 1.82) is 0 Å². The van der Waals surface area contributed by atoms with E-state index in [-0.39, 0.29) is 4.87 Å². The van der Waals surface area contributed by atoms with Crippen molar-refractivity contribution in [3.05, 3.63) is 71.3 Å². The minimum absolute atomic E-state index is 0.351. The molecule has 3 rings (SSSR count). The Morgan fingerprint density at radius 1 is 0.941 bits per heavy atom. The lowest BCUT2D eigenvalue weighted by Gasteiger charge is -2.36. The molecule has 2 aromatic rings. The van der Waals surface area contributed by atoms with Crippen LogP contribution >= 0.6 is 12.6 Å². The number of thiol groups is 1. The second kappa shape index (κ2) is 4.21. The van der Waals surface area contributed by atoms with Crippen LogP contribution in [0.25, 0.3) is 0 Å². The highest BCUT2D eigenvalue weighted by atomic mass is 32.1. The summed E-state index contributed by atoms with van der Waals surface area (Å²) in [6.45, 7) is 0.968. The summed E-state index contributed by atoms with van der Waals surface area (Å²) < 4.78 is 0. The highest BCUT2D eigenvalue weighted by Crippen LogP contribution is 2.37. The molecule has 2 heteroatoms. The summed E-state index contributed by atoms with van der Waals surface area (Å²) in [7, 11) is 0. The van der Waals surface area contributed by atoms with Crippen LogP contribution in [0, 0.1) is 0 Å². The van der Waals surface area contributed by atoms with Gasteiger partial charge in [-0.3, -0.25) is 5.32 Å². The first kappa shape index (κ1) is 10.9. The monoisotopic (exact) mass is 241 g/mol. The molecule has 1 unspecified atom stereocenters. The van der Waals surface area contributed by atoms with Gasteiger partial charge in [0.05, 0.1) is 0 Å². The topological polar surface area (TPSA) is 12.0 Å². The van der Waals surface area contributed by atoms with Crippen LogP contribution in [-0.4, -0.2) is 6.54 Å². The van der Waals surface area contributed by atoms with Gasteiger partial charge in [0.2, 0.25) is 0 Å². The summed E-state index contributed by atoms with van der Waals surface area (Å²) in [6, 6.07) is 19.0. The van der Waals surface area contributed by atoms with Gasteiger partial charge in [-0.25, -0.2) is 0 Å². The second-order valence-corrected chi connectivity index (χ2v) is 5.08. The molecule has 0 saturated heterocycles. The van der Waals surface area contributed by atoms with Crippen molar-refractivity contribution < 1.29 is 0 Å². The van der Waals surface area contributed by atoms with Crippen LogP contribution in [0.1, 0.15) is 16.7 Å². The van der Waals surface area contributed by atoms with Gasteiger partial charge in [-0.1, -0.05) is 54.6 Å². The molecule has 0 fully saturated rings. The Bertz CT molecular complexity index is 523. The lowest BCUT2D eigenvalue weighted by molar-refractivity contribution is 0.527. The smallest absolute Gasteiger partial charge is 0.113 e. The van der Waals surface area contributed by atoms with Crippen molar-refractivity contribution in [3.63, 3.8) is 0 Å². The molecule has 1 N–H and O–H groups in total. The quantitative estimate of drug-likeness (QED) is 0.732. The fourth-order valence-electron chi connectivity index (χ4n) is 2.50. The van der Waals surface area contributed by atoms with E-state index in [1.807, 2.05) is 6.07 Å². The zero-order chi connectivity index (χ0) is 11.7. The molecule has 0 spiro atoms. The Balaban J connectivity index is 2.16. The van der Waals surface area contributed by atoms with Crippen LogP contribution < -0.4 is 5.32 Å². The molecule has 0 aliphatic carbocycles. The fraction of sp³-hybridized carbons (Fsp3) is 0.200. The Morgan fingerprint density at radius 3 is 2.47 bits per heavy atom. The molecule has 1 aliphatic rings. The Kier molecular flexibility index (Phi) is 2.69. The van der Waals surface area contributed by atoms with Crippen LogP contribution in [0.3, 0.4) is 0 Å². The lowest BCUT2D eigenvalue weighted by Crippen LogP contribution is -2.43. The van der Waals surface area contributed by atoms with Crippen molar-refractivity contribution in [2.45, 2.75) is 11.3 Å². The average Bonchev–Trinajstić information content (AvgIpc) is 2.40. The maximum atomic E-state index is 4.91. The molecule has 1 heterocycles. The van der Waals surface area contributed by atoms with Gasteiger partial charge in [0, 0.05) is 6.54 Å². The molecule has 1 aliphatic heterocycles. The van der Waals surface area contributed by atoms with Gasteiger partial charge < -0.3 is 0 Å². The standard InChI is InChI=1S/C15H15NS/c17-15(13-7-2-1-3-8-13)14-9-5-4-6-12(14)10-11-16-15/h1-9,16-17H,10-11H2.